The standard InChI is InChI=1S/2C10H12N2.C4H4O4/c2*11-6-5-8-7-12-10-4-2-1-3-9(8)10;5-3(6)1-2-4(7)8/h2*1-4,7,12H,5-6,11H2;1-2H,(H,5,6)(H,7,8)/b;;2-1+. The molecule has 2 aromatic carbocycles. The van der Waals surface area contributed by atoms with Gasteiger partial charge in [0, 0.05) is 46.4 Å². The highest BCUT2D eigenvalue weighted by molar-refractivity contribution is 5.89. The normalized spacial score (nSPS) is 10.4. The SMILES string of the molecule is NCCc1c[nH]c2ccccc12.NCCc1c[nH]c2ccccc12.O=C(O)/C=C/C(=O)O. The highest BCUT2D eigenvalue weighted by Gasteiger charge is 2.00. The van der Waals surface area contributed by atoms with Crippen molar-refractivity contribution in [1.29, 1.82) is 0 Å². The van der Waals surface area contributed by atoms with Crippen LogP contribution in [0.3, 0.4) is 0 Å². The number of nitrogens with one attached hydrogen (secondary N) is 2. The Kier molecular flexibility index (Phi) is 9.70. The first-order valence-corrected chi connectivity index (χ1v) is 10.1. The molecule has 0 unspecified atom stereocenters. The van der Waals surface area contributed by atoms with Gasteiger partial charge in [-0.15, -0.1) is 0 Å². The molecule has 0 aliphatic rings. The lowest BCUT2D eigenvalue weighted by Gasteiger charge is -1.93. The van der Waals surface area contributed by atoms with Crippen LogP contribution in [0.2, 0.25) is 0 Å². The van der Waals surface area contributed by atoms with Crippen molar-refractivity contribution in [3.63, 3.8) is 0 Å². The molecule has 0 aliphatic heterocycles. The molecule has 168 valence electrons. The summed E-state index contributed by atoms with van der Waals surface area (Å²) >= 11 is 0. The first kappa shape index (κ1) is 24.4. The van der Waals surface area contributed by atoms with Crippen LogP contribution in [0.15, 0.2) is 73.1 Å². The van der Waals surface area contributed by atoms with E-state index in [9.17, 15) is 9.59 Å². The number of aromatic amines is 2. The predicted octanol–water partition coefficient (Wildman–Crippen LogP) is 3.05. The minimum Gasteiger partial charge on any atom is -0.478 e. The quantitative estimate of drug-likeness (QED) is 0.255. The molecular weight excluding hydrogens is 408 g/mol. The van der Waals surface area contributed by atoms with Crippen molar-refractivity contribution in [1.82, 2.24) is 9.97 Å². The fraction of sp³-hybridized carbons (Fsp3) is 0.167. The summed E-state index contributed by atoms with van der Waals surface area (Å²) < 4.78 is 0. The summed E-state index contributed by atoms with van der Waals surface area (Å²) in [6.07, 6.45) is 7.09. The van der Waals surface area contributed by atoms with Crippen molar-refractivity contribution in [3.05, 3.63) is 84.2 Å². The van der Waals surface area contributed by atoms with E-state index in [2.05, 4.69) is 46.4 Å². The number of benzene rings is 2. The maximum absolute atomic E-state index is 9.55. The largest absolute Gasteiger partial charge is 0.478 e. The number of rotatable bonds is 6. The second-order valence-corrected chi connectivity index (χ2v) is 6.81. The van der Waals surface area contributed by atoms with E-state index in [1.54, 1.807) is 0 Å². The number of nitrogens with two attached hydrogens (primary N) is 2. The van der Waals surface area contributed by atoms with Gasteiger partial charge in [0.15, 0.2) is 0 Å². The van der Waals surface area contributed by atoms with Crippen LogP contribution in [0.4, 0.5) is 0 Å². The van der Waals surface area contributed by atoms with E-state index in [-0.39, 0.29) is 0 Å². The second-order valence-electron chi connectivity index (χ2n) is 6.81. The Morgan fingerprint density at radius 3 is 1.44 bits per heavy atom. The van der Waals surface area contributed by atoms with E-state index in [1.807, 2.05) is 24.5 Å². The van der Waals surface area contributed by atoms with Gasteiger partial charge in [0.1, 0.15) is 0 Å². The van der Waals surface area contributed by atoms with Gasteiger partial charge in [0.2, 0.25) is 0 Å². The summed E-state index contributed by atoms with van der Waals surface area (Å²) in [4.78, 5) is 25.5. The molecule has 0 aliphatic carbocycles. The van der Waals surface area contributed by atoms with Gasteiger partial charge in [-0.1, -0.05) is 36.4 Å². The predicted molar refractivity (Wildman–Crippen MR) is 127 cm³/mol. The Labute approximate surface area is 185 Å². The number of carboxylic acid groups (broad SMARTS) is 2. The number of para-hydroxylation sites is 2. The fourth-order valence-corrected chi connectivity index (χ4v) is 3.13. The van der Waals surface area contributed by atoms with E-state index >= 15 is 0 Å². The first-order valence-electron chi connectivity index (χ1n) is 10.1. The number of carboxylic acids is 2. The van der Waals surface area contributed by atoms with Gasteiger partial charge in [-0.2, -0.15) is 0 Å². The van der Waals surface area contributed by atoms with Gasteiger partial charge >= 0.3 is 11.9 Å². The lowest BCUT2D eigenvalue weighted by atomic mass is 10.1. The molecule has 0 saturated heterocycles. The molecule has 0 atom stereocenters. The van der Waals surface area contributed by atoms with Gasteiger partial charge in [0.25, 0.3) is 0 Å². The molecule has 4 aromatic rings. The summed E-state index contributed by atoms with van der Waals surface area (Å²) in [6.45, 7) is 1.42. The maximum atomic E-state index is 9.55. The number of hydrogen-bond acceptors (Lipinski definition) is 4. The maximum Gasteiger partial charge on any atom is 0.328 e. The van der Waals surface area contributed by atoms with Crippen LogP contribution in [-0.4, -0.2) is 45.2 Å². The average Bonchev–Trinajstić information content (AvgIpc) is 3.39. The number of aliphatic carboxylic acids is 2. The second kappa shape index (κ2) is 12.7. The topological polar surface area (TPSA) is 158 Å². The van der Waals surface area contributed by atoms with E-state index in [1.165, 1.54) is 32.9 Å². The summed E-state index contributed by atoms with van der Waals surface area (Å²) in [5, 5.41) is 18.2. The molecule has 0 saturated carbocycles. The highest BCUT2D eigenvalue weighted by atomic mass is 16.4. The lowest BCUT2D eigenvalue weighted by Crippen LogP contribution is -2.01. The van der Waals surface area contributed by atoms with Gasteiger partial charge in [-0.05, 0) is 49.2 Å². The summed E-state index contributed by atoms with van der Waals surface area (Å²) in [6, 6.07) is 16.6. The van der Waals surface area contributed by atoms with E-state index < -0.39 is 11.9 Å². The molecular formula is C24H28N4O4. The lowest BCUT2D eigenvalue weighted by molar-refractivity contribution is -0.134. The molecule has 0 bridgehead atoms. The molecule has 0 amide bonds. The molecule has 0 fully saturated rings. The monoisotopic (exact) mass is 436 g/mol. The minimum absolute atomic E-state index is 0.558. The Bertz CT molecular complexity index is 1080. The third-order valence-electron chi connectivity index (χ3n) is 4.55. The fourth-order valence-electron chi connectivity index (χ4n) is 3.13. The zero-order chi connectivity index (χ0) is 23.3. The Balaban J connectivity index is 0.000000175. The summed E-state index contributed by atoms with van der Waals surface area (Å²) in [7, 11) is 0. The number of fused-ring (bicyclic) bond motifs is 2. The van der Waals surface area contributed by atoms with Crippen molar-refractivity contribution in [2.75, 3.05) is 13.1 Å². The molecule has 2 heterocycles. The molecule has 0 spiro atoms. The summed E-state index contributed by atoms with van der Waals surface area (Å²) in [5.41, 5.74) is 16.0. The van der Waals surface area contributed by atoms with Crippen LogP contribution in [0, 0.1) is 0 Å². The molecule has 8 nitrogen and oxygen atoms in total. The van der Waals surface area contributed by atoms with Crippen molar-refractivity contribution in [3.8, 4) is 0 Å². The Hall–Kier alpha value is -3.88. The Morgan fingerprint density at radius 2 is 1.09 bits per heavy atom. The van der Waals surface area contributed by atoms with Crippen LogP contribution in [-0.2, 0) is 22.4 Å². The van der Waals surface area contributed by atoms with E-state index in [0.29, 0.717) is 25.2 Å². The zero-order valence-corrected chi connectivity index (χ0v) is 17.6. The third-order valence-corrected chi connectivity index (χ3v) is 4.55. The number of H-pyrrole nitrogens is 2. The molecule has 8 N–H and O–H groups in total. The average molecular weight is 437 g/mol. The molecule has 32 heavy (non-hydrogen) atoms. The van der Waals surface area contributed by atoms with Crippen molar-refractivity contribution < 1.29 is 19.8 Å². The van der Waals surface area contributed by atoms with Gasteiger partial charge in [-0.25, -0.2) is 9.59 Å². The van der Waals surface area contributed by atoms with Crippen LogP contribution < -0.4 is 11.5 Å². The van der Waals surface area contributed by atoms with E-state index in [0.717, 1.165) is 12.8 Å². The zero-order valence-electron chi connectivity index (χ0n) is 17.6. The molecule has 2 aromatic heterocycles. The Morgan fingerprint density at radius 1 is 0.719 bits per heavy atom. The summed E-state index contributed by atoms with van der Waals surface area (Å²) in [5.74, 6) is -2.51. The van der Waals surface area contributed by atoms with Gasteiger partial charge < -0.3 is 31.6 Å². The first-order chi connectivity index (χ1) is 15.5. The van der Waals surface area contributed by atoms with E-state index in [4.69, 9.17) is 21.7 Å². The number of hydrogen-bond donors (Lipinski definition) is 6. The van der Waals surface area contributed by atoms with Crippen molar-refractivity contribution in [2.24, 2.45) is 11.5 Å². The molecule has 4 rings (SSSR count). The van der Waals surface area contributed by atoms with Gasteiger partial charge in [0.05, 0.1) is 0 Å². The molecule has 0 radical (unpaired) electrons. The smallest absolute Gasteiger partial charge is 0.328 e. The minimum atomic E-state index is -1.26. The van der Waals surface area contributed by atoms with Crippen LogP contribution in [0.5, 0.6) is 0 Å². The van der Waals surface area contributed by atoms with Gasteiger partial charge in [-0.3, -0.25) is 0 Å². The number of carbonyl (C=O) groups is 2. The van der Waals surface area contributed by atoms with Crippen LogP contribution in [0.25, 0.3) is 21.8 Å². The third kappa shape index (κ3) is 7.42. The van der Waals surface area contributed by atoms with Crippen molar-refractivity contribution in [2.45, 2.75) is 12.8 Å². The van der Waals surface area contributed by atoms with Crippen LogP contribution in [0.1, 0.15) is 11.1 Å². The van der Waals surface area contributed by atoms with Crippen LogP contribution >= 0.6 is 0 Å². The highest BCUT2D eigenvalue weighted by Crippen LogP contribution is 2.18. The van der Waals surface area contributed by atoms with Crippen molar-refractivity contribution >= 4 is 33.7 Å². The number of aromatic nitrogens is 2. The molecule has 8 heteroatoms.